The number of thiophene rings is 1. The second kappa shape index (κ2) is 9.15. The summed E-state index contributed by atoms with van der Waals surface area (Å²) in [6, 6.07) is 20.6. The minimum Gasteiger partial charge on any atom is -0.347 e. The molecule has 0 aliphatic carbocycles. The Morgan fingerprint density at radius 2 is 1.70 bits per heavy atom. The van der Waals surface area contributed by atoms with Crippen molar-refractivity contribution in [2.75, 3.05) is 5.32 Å². The summed E-state index contributed by atoms with van der Waals surface area (Å²) in [5.41, 5.74) is 2.49. The molecular weight excluding hydrogens is 398 g/mol. The molecule has 8 heteroatoms. The van der Waals surface area contributed by atoms with Gasteiger partial charge in [0.25, 0.3) is 11.8 Å². The van der Waals surface area contributed by atoms with Crippen LogP contribution in [0, 0.1) is 0 Å². The van der Waals surface area contributed by atoms with Crippen LogP contribution in [0.2, 0.25) is 0 Å². The zero-order chi connectivity index (χ0) is 20.8. The molecule has 4 aromatic rings. The summed E-state index contributed by atoms with van der Waals surface area (Å²) in [6.45, 7) is 0.972. The molecule has 2 heterocycles. The molecule has 150 valence electrons. The average molecular weight is 417 g/mol. The molecule has 0 aliphatic heterocycles. The van der Waals surface area contributed by atoms with Gasteiger partial charge in [-0.25, -0.2) is 9.67 Å². The summed E-state index contributed by atoms with van der Waals surface area (Å²) >= 11 is 1.40. The van der Waals surface area contributed by atoms with Gasteiger partial charge in [-0.3, -0.25) is 14.9 Å². The van der Waals surface area contributed by atoms with Crippen LogP contribution in [0.25, 0.3) is 0 Å². The molecule has 0 aliphatic rings. The summed E-state index contributed by atoms with van der Waals surface area (Å²) < 4.78 is 1.67. The van der Waals surface area contributed by atoms with E-state index in [9.17, 15) is 9.59 Å². The number of benzene rings is 2. The van der Waals surface area contributed by atoms with Crippen molar-refractivity contribution in [3.63, 3.8) is 0 Å². The molecule has 2 N–H and O–H groups in total. The lowest BCUT2D eigenvalue weighted by Gasteiger charge is -2.06. The molecule has 0 saturated heterocycles. The van der Waals surface area contributed by atoms with Crippen LogP contribution in [0.1, 0.15) is 31.2 Å². The third kappa shape index (κ3) is 4.98. The van der Waals surface area contributed by atoms with Gasteiger partial charge in [0.05, 0.1) is 11.4 Å². The van der Waals surface area contributed by atoms with Crippen LogP contribution in [0.5, 0.6) is 0 Å². The Morgan fingerprint density at radius 1 is 0.900 bits per heavy atom. The van der Waals surface area contributed by atoms with Gasteiger partial charge in [-0.2, -0.15) is 0 Å². The summed E-state index contributed by atoms with van der Waals surface area (Å²) in [6.07, 6.45) is 1.59. The Labute approximate surface area is 177 Å². The van der Waals surface area contributed by atoms with E-state index in [2.05, 4.69) is 20.7 Å². The standard InChI is InChI=1S/C22H19N5O2S/c28-20(25-22-24-15-27(26-22)14-17-5-2-1-3-6-17)18-10-8-16(9-11-18)13-23-21(29)19-7-4-12-30-19/h1-12,15H,13-14H2,(H,23,29)(H,25,26,28). The van der Waals surface area contributed by atoms with Crippen molar-refractivity contribution in [1.82, 2.24) is 20.1 Å². The second-order valence-corrected chi connectivity index (χ2v) is 7.51. The fourth-order valence-electron chi connectivity index (χ4n) is 2.82. The van der Waals surface area contributed by atoms with E-state index in [-0.39, 0.29) is 17.8 Å². The van der Waals surface area contributed by atoms with Gasteiger partial charge in [-0.1, -0.05) is 48.5 Å². The summed E-state index contributed by atoms with van der Waals surface area (Å²) in [5, 5.41) is 11.7. The molecule has 0 atom stereocenters. The highest BCUT2D eigenvalue weighted by molar-refractivity contribution is 7.12. The van der Waals surface area contributed by atoms with Crippen molar-refractivity contribution in [3.8, 4) is 0 Å². The fraction of sp³-hybridized carbons (Fsp3) is 0.0909. The highest BCUT2D eigenvalue weighted by Gasteiger charge is 2.10. The lowest BCUT2D eigenvalue weighted by atomic mass is 10.1. The van der Waals surface area contributed by atoms with Crippen LogP contribution < -0.4 is 10.6 Å². The molecule has 4 rings (SSSR count). The van der Waals surface area contributed by atoms with E-state index in [1.807, 2.05) is 53.9 Å². The third-order valence-corrected chi connectivity index (χ3v) is 5.23. The Bertz CT molecular complexity index is 1120. The Hall–Kier alpha value is -3.78. The lowest BCUT2D eigenvalue weighted by Crippen LogP contribution is -2.21. The Kier molecular flexibility index (Phi) is 5.95. The second-order valence-electron chi connectivity index (χ2n) is 6.56. The zero-order valence-electron chi connectivity index (χ0n) is 16.0. The van der Waals surface area contributed by atoms with E-state index in [1.165, 1.54) is 11.3 Å². The van der Waals surface area contributed by atoms with Crippen molar-refractivity contribution in [1.29, 1.82) is 0 Å². The minimum absolute atomic E-state index is 0.107. The predicted molar refractivity (Wildman–Crippen MR) is 115 cm³/mol. The molecule has 0 saturated carbocycles. The smallest absolute Gasteiger partial charge is 0.261 e. The van der Waals surface area contributed by atoms with Gasteiger partial charge >= 0.3 is 0 Å². The molecule has 2 aromatic heterocycles. The van der Waals surface area contributed by atoms with Crippen molar-refractivity contribution >= 4 is 29.1 Å². The van der Waals surface area contributed by atoms with Crippen LogP contribution in [0.3, 0.4) is 0 Å². The van der Waals surface area contributed by atoms with Crippen LogP contribution in [0.4, 0.5) is 5.95 Å². The summed E-state index contributed by atoms with van der Waals surface area (Å²) in [7, 11) is 0. The molecule has 0 fully saturated rings. The molecule has 2 amide bonds. The van der Waals surface area contributed by atoms with E-state index < -0.39 is 0 Å². The average Bonchev–Trinajstić information content (AvgIpc) is 3.46. The first-order chi connectivity index (χ1) is 14.7. The number of amides is 2. The van der Waals surface area contributed by atoms with Gasteiger partial charge in [-0.15, -0.1) is 16.4 Å². The van der Waals surface area contributed by atoms with E-state index in [4.69, 9.17) is 0 Å². The maximum absolute atomic E-state index is 12.4. The number of nitrogens with zero attached hydrogens (tertiary/aromatic N) is 3. The van der Waals surface area contributed by atoms with Gasteiger partial charge in [0, 0.05) is 12.1 Å². The quantitative estimate of drug-likeness (QED) is 0.481. The topological polar surface area (TPSA) is 88.9 Å². The monoisotopic (exact) mass is 417 g/mol. The molecule has 7 nitrogen and oxygen atoms in total. The number of aromatic nitrogens is 3. The number of carbonyl (C=O) groups is 2. The summed E-state index contributed by atoms with van der Waals surface area (Å²) in [4.78, 5) is 29.3. The van der Waals surface area contributed by atoms with Crippen LogP contribution in [-0.4, -0.2) is 26.6 Å². The first-order valence-corrected chi connectivity index (χ1v) is 10.2. The number of anilines is 1. The molecular formula is C22H19N5O2S. The molecule has 0 bridgehead atoms. The minimum atomic E-state index is -0.290. The maximum atomic E-state index is 12.4. The van der Waals surface area contributed by atoms with E-state index in [0.29, 0.717) is 23.5 Å². The molecule has 30 heavy (non-hydrogen) atoms. The number of carbonyl (C=O) groups excluding carboxylic acids is 2. The summed E-state index contributed by atoms with van der Waals surface area (Å²) in [5.74, 6) is -0.145. The zero-order valence-corrected chi connectivity index (χ0v) is 16.8. The fourth-order valence-corrected chi connectivity index (χ4v) is 3.46. The van der Waals surface area contributed by atoms with E-state index >= 15 is 0 Å². The van der Waals surface area contributed by atoms with E-state index in [1.54, 1.807) is 29.2 Å². The predicted octanol–water partition coefficient (Wildman–Crippen LogP) is 3.57. The van der Waals surface area contributed by atoms with Gasteiger partial charge in [-0.05, 0) is 34.7 Å². The Balaban J connectivity index is 1.31. The number of hydrogen-bond donors (Lipinski definition) is 2. The lowest BCUT2D eigenvalue weighted by molar-refractivity contribution is 0.0953. The van der Waals surface area contributed by atoms with Crippen molar-refractivity contribution < 1.29 is 9.59 Å². The number of nitrogens with one attached hydrogen (secondary N) is 2. The SMILES string of the molecule is O=C(Nc1ncn(Cc2ccccc2)n1)c1ccc(CNC(=O)c2cccs2)cc1. The maximum Gasteiger partial charge on any atom is 0.261 e. The largest absolute Gasteiger partial charge is 0.347 e. The normalized spacial score (nSPS) is 10.5. The van der Waals surface area contributed by atoms with Gasteiger partial charge in [0.2, 0.25) is 5.95 Å². The van der Waals surface area contributed by atoms with Crippen molar-refractivity contribution in [3.05, 3.63) is 100 Å². The highest BCUT2D eigenvalue weighted by Crippen LogP contribution is 2.10. The molecule has 0 spiro atoms. The van der Waals surface area contributed by atoms with E-state index in [0.717, 1.165) is 11.1 Å². The van der Waals surface area contributed by atoms with Gasteiger partial charge < -0.3 is 5.32 Å². The number of hydrogen-bond acceptors (Lipinski definition) is 5. The highest BCUT2D eigenvalue weighted by atomic mass is 32.1. The van der Waals surface area contributed by atoms with Crippen LogP contribution in [0.15, 0.2) is 78.4 Å². The molecule has 0 unspecified atom stereocenters. The van der Waals surface area contributed by atoms with Crippen LogP contribution in [-0.2, 0) is 13.1 Å². The third-order valence-electron chi connectivity index (χ3n) is 4.36. The first kappa shape index (κ1) is 19.5. The van der Waals surface area contributed by atoms with Crippen molar-refractivity contribution in [2.45, 2.75) is 13.1 Å². The van der Waals surface area contributed by atoms with Crippen molar-refractivity contribution in [2.24, 2.45) is 0 Å². The number of rotatable bonds is 7. The Morgan fingerprint density at radius 3 is 2.43 bits per heavy atom. The van der Waals surface area contributed by atoms with Gasteiger partial charge in [0.1, 0.15) is 6.33 Å². The molecule has 2 aromatic carbocycles. The van der Waals surface area contributed by atoms with Crippen LogP contribution >= 0.6 is 11.3 Å². The first-order valence-electron chi connectivity index (χ1n) is 9.33. The molecule has 0 radical (unpaired) electrons. The van der Waals surface area contributed by atoms with Gasteiger partial charge in [0.15, 0.2) is 0 Å².